The van der Waals surface area contributed by atoms with Crippen molar-refractivity contribution in [2.75, 3.05) is 13.2 Å². The largest absolute Gasteiger partial charge is 0.507 e. The fraction of sp³-hybridized carbons (Fsp3) is 0.158. The molecular weight excluding hydrogens is 377 g/mol. The number of aliphatic hydroxyl groups excluding tert-OH is 2. The zero-order chi connectivity index (χ0) is 18.8. The number of hydrogen-bond donors (Lipinski definition) is 2. The first-order chi connectivity index (χ1) is 12.5. The Morgan fingerprint density at radius 3 is 2.38 bits per heavy atom. The van der Waals surface area contributed by atoms with E-state index in [1.165, 1.54) is 23.1 Å². The maximum absolute atomic E-state index is 12.6. The van der Waals surface area contributed by atoms with Gasteiger partial charge in [-0.25, -0.2) is 0 Å². The Bertz CT molecular complexity index is 896. The lowest BCUT2D eigenvalue weighted by Gasteiger charge is -2.24. The van der Waals surface area contributed by atoms with E-state index in [0.717, 1.165) is 0 Å². The van der Waals surface area contributed by atoms with Crippen molar-refractivity contribution >= 4 is 40.7 Å². The van der Waals surface area contributed by atoms with Gasteiger partial charge in [0.1, 0.15) is 5.76 Å². The molecule has 0 aromatic heterocycles. The van der Waals surface area contributed by atoms with Gasteiger partial charge in [0.25, 0.3) is 11.7 Å². The molecule has 1 amide bonds. The van der Waals surface area contributed by atoms with Crippen LogP contribution in [0.2, 0.25) is 10.0 Å². The third-order valence-corrected chi connectivity index (χ3v) is 4.73. The Balaban J connectivity index is 2.21. The molecule has 3 rings (SSSR count). The number of carbonyl (C=O) groups excluding carboxylic acids is 2. The summed E-state index contributed by atoms with van der Waals surface area (Å²) in [5.74, 6) is -1.98. The second-order valence-corrected chi connectivity index (χ2v) is 6.59. The lowest BCUT2D eigenvalue weighted by molar-refractivity contribution is -0.140. The number of Topliss-reactive ketones (excluding diaryl/α,β-unsaturated/α-hetero) is 1. The number of likely N-dealkylation sites (tertiary alicyclic amines) is 1. The summed E-state index contributed by atoms with van der Waals surface area (Å²) >= 11 is 12.0. The van der Waals surface area contributed by atoms with Crippen LogP contribution in [0.1, 0.15) is 17.2 Å². The number of carbonyl (C=O) groups is 2. The number of hydrogen-bond acceptors (Lipinski definition) is 4. The highest BCUT2D eigenvalue weighted by molar-refractivity contribution is 6.47. The highest BCUT2D eigenvalue weighted by Crippen LogP contribution is 2.40. The van der Waals surface area contributed by atoms with Gasteiger partial charge in [0.2, 0.25) is 0 Å². The molecule has 2 aromatic rings. The molecular formula is C19H15Cl2NO4. The SMILES string of the molecule is O=C1C(=O)N(CCO)C(c2ccccc2)/C1=C(\O)c1ccc(Cl)cc1Cl. The van der Waals surface area contributed by atoms with Crippen LogP contribution in [0.3, 0.4) is 0 Å². The first-order valence-electron chi connectivity index (χ1n) is 7.85. The molecule has 0 aliphatic carbocycles. The molecule has 0 saturated carbocycles. The summed E-state index contributed by atoms with van der Waals surface area (Å²) < 4.78 is 0. The molecule has 134 valence electrons. The van der Waals surface area contributed by atoms with Crippen molar-refractivity contribution in [1.29, 1.82) is 0 Å². The normalized spacial score (nSPS) is 19.2. The number of halogens is 2. The van der Waals surface area contributed by atoms with Crippen LogP contribution in [-0.2, 0) is 9.59 Å². The Morgan fingerprint density at radius 1 is 1.08 bits per heavy atom. The summed E-state index contributed by atoms with van der Waals surface area (Å²) in [6.45, 7) is -0.340. The van der Waals surface area contributed by atoms with Gasteiger partial charge in [0.05, 0.1) is 23.2 Å². The van der Waals surface area contributed by atoms with Crippen LogP contribution in [0.4, 0.5) is 0 Å². The van der Waals surface area contributed by atoms with Crippen molar-refractivity contribution in [2.24, 2.45) is 0 Å². The highest BCUT2D eigenvalue weighted by atomic mass is 35.5. The van der Waals surface area contributed by atoms with Crippen molar-refractivity contribution in [1.82, 2.24) is 4.90 Å². The predicted molar refractivity (Wildman–Crippen MR) is 99.0 cm³/mol. The van der Waals surface area contributed by atoms with Crippen molar-refractivity contribution in [3.05, 3.63) is 75.3 Å². The molecule has 5 nitrogen and oxygen atoms in total. The number of ketones is 1. The Morgan fingerprint density at radius 2 is 1.77 bits per heavy atom. The second kappa shape index (κ2) is 7.50. The van der Waals surface area contributed by atoms with Crippen molar-refractivity contribution < 1.29 is 19.8 Å². The monoisotopic (exact) mass is 391 g/mol. The molecule has 1 atom stereocenters. The van der Waals surface area contributed by atoms with E-state index in [-0.39, 0.29) is 35.1 Å². The maximum atomic E-state index is 12.6. The van der Waals surface area contributed by atoms with E-state index in [0.29, 0.717) is 10.6 Å². The van der Waals surface area contributed by atoms with Crippen LogP contribution in [-0.4, -0.2) is 40.0 Å². The Labute approximate surface area is 160 Å². The first-order valence-corrected chi connectivity index (χ1v) is 8.61. The maximum Gasteiger partial charge on any atom is 0.295 e. The number of aliphatic hydroxyl groups is 2. The molecule has 1 unspecified atom stereocenters. The van der Waals surface area contributed by atoms with E-state index in [4.69, 9.17) is 23.2 Å². The van der Waals surface area contributed by atoms with Gasteiger partial charge in [-0.2, -0.15) is 0 Å². The minimum absolute atomic E-state index is 0.0325. The molecule has 2 aromatic carbocycles. The van der Waals surface area contributed by atoms with E-state index in [1.54, 1.807) is 30.3 Å². The zero-order valence-corrected chi connectivity index (χ0v) is 15.0. The minimum Gasteiger partial charge on any atom is -0.507 e. The molecule has 0 spiro atoms. The van der Waals surface area contributed by atoms with E-state index in [2.05, 4.69) is 0 Å². The van der Waals surface area contributed by atoms with Crippen LogP contribution >= 0.6 is 23.2 Å². The van der Waals surface area contributed by atoms with E-state index in [9.17, 15) is 19.8 Å². The molecule has 1 saturated heterocycles. The third-order valence-electron chi connectivity index (χ3n) is 4.18. The van der Waals surface area contributed by atoms with Gasteiger partial charge in [-0.3, -0.25) is 9.59 Å². The average molecular weight is 392 g/mol. The third kappa shape index (κ3) is 3.21. The number of rotatable bonds is 4. The van der Waals surface area contributed by atoms with Gasteiger partial charge in [-0.1, -0.05) is 53.5 Å². The van der Waals surface area contributed by atoms with Gasteiger partial charge in [-0.05, 0) is 23.8 Å². The fourth-order valence-electron chi connectivity index (χ4n) is 3.03. The summed E-state index contributed by atoms with van der Waals surface area (Å²) in [5, 5.41) is 20.6. The molecule has 1 fully saturated rings. The first kappa shape index (κ1) is 18.5. The standard InChI is InChI=1S/C19H15Cl2NO4/c20-12-6-7-13(14(21)10-12)17(24)15-16(11-4-2-1-3-5-11)22(8-9-23)19(26)18(15)25/h1-7,10,16,23-24H,8-9H2/b17-15+. The van der Waals surface area contributed by atoms with Gasteiger partial charge in [-0.15, -0.1) is 0 Å². The summed E-state index contributed by atoms with van der Waals surface area (Å²) in [6, 6.07) is 12.5. The van der Waals surface area contributed by atoms with E-state index in [1.807, 2.05) is 0 Å². The highest BCUT2D eigenvalue weighted by Gasteiger charge is 2.45. The lowest BCUT2D eigenvalue weighted by Crippen LogP contribution is -2.32. The van der Waals surface area contributed by atoms with Crippen LogP contribution < -0.4 is 0 Å². The molecule has 1 aliphatic rings. The molecule has 2 N–H and O–H groups in total. The summed E-state index contributed by atoms with van der Waals surface area (Å²) in [7, 11) is 0. The van der Waals surface area contributed by atoms with E-state index >= 15 is 0 Å². The Kier molecular flexibility index (Phi) is 5.32. The van der Waals surface area contributed by atoms with Crippen LogP contribution in [0, 0.1) is 0 Å². The van der Waals surface area contributed by atoms with Gasteiger partial charge < -0.3 is 15.1 Å². The van der Waals surface area contributed by atoms with Crippen LogP contribution in [0.15, 0.2) is 54.1 Å². The lowest BCUT2D eigenvalue weighted by atomic mass is 9.95. The van der Waals surface area contributed by atoms with Gasteiger partial charge in [0.15, 0.2) is 0 Å². The molecule has 0 bridgehead atoms. The van der Waals surface area contributed by atoms with Crippen molar-refractivity contribution in [2.45, 2.75) is 6.04 Å². The average Bonchev–Trinajstić information content (AvgIpc) is 2.87. The number of nitrogens with zero attached hydrogens (tertiary/aromatic N) is 1. The summed E-state index contributed by atoms with van der Waals surface area (Å²) in [5.41, 5.74) is 0.782. The van der Waals surface area contributed by atoms with Crippen molar-refractivity contribution in [3.63, 3.8) is 0 Å². The predicted octanol–water partition coefficient (Wildman–Crippen LogP) is 3.41. The Hall–Kier alpha value is -2.34. The van der Waals surface area contributed by atoms with Gasteiger partial charge >= 0.3 is 0 Å². The smallest absolute Gasteiger partial charge is 0.295 e. The second-order valence-electron chi connectivity index (χ2n) is 5.75. The fourth-order valence-corrected chi connectivity index (χ4v) is 3.52. The topological polar surface area (TPSA) is 77.8 Å². The zero-order valence-electron chi connectivity index (χ0n) is 13.5. The van der Waals surface area contributed by atoms with Gasteiger partial charge in [0, 0.05) is 17.1 Å². The molecule has 7 heteroatoms. The summed E-state index contributed by atoms with van der Waals surface area (Å²) in [4.78, 5) is 26.3. The minimum atomic E-state index is -0.823. The summed E-state index contributed by atoms with van der Waals surface area (Å²) in [6.07, 6.45) is 0. The molecule has 1 aliphatic heterocycles. The molecule has 26 heavy (non-hydrogen) atoms. The molecule has 1 heterocycles. The van der Waals surface area contributed by atoms with Crippen LogP contribution in [0.5, 0.6) is 0 Å². The number of β-amino-alcohol motifs (C(OH)–C–C–N with tert-alkyl or cyclic N) is 1. The quantitative estimate of drug-likeness (QED) is 0.475. The number of amides is 1. The van der Waals surface area contributed by atoms with Crippen LogP contribution in [0.25, 0.3) is 5.76 Å². The van der Waals surface area contributed by atoms with E-state index < -0.39 is 17.7 Å². The van der Waals surface area contributed by atoms with Crippen molar-refractivity contribution in [3.8, 4) is 0 Å². The number of benzene rings is 2. The molecule has 0 radical (unpaired) electrons.